The molecular formula is C24H16N2O. The first-order chi connectivity index (χ1) is 13.2. The zero-order valence-corrected chi connectivity index (χ0v) is 15.1. The lowest BCUT2D eigenvalue weighted by molar-refractivity contribution is 0.669. The molecule has 3 heterocycles. The Morgan fingerprint density at radius 2 is 1.74 bits per heavy atom. The molecule has 0 radical (unpaired) electrons. The molecule has 1 aliphatic rings. The van der Waals surface area contributed by atoms with Crippen molar-refractivity contribution in [3.8, 4) is 11.3 Å². The number of hydrogen-bond donors (Lipinski definition) is 0. The molecule has 0 saturated carbocycles. The molecular weight excluding hydrogens is 332 g/mol. The van der Waals surface area contributed by atoms with Crippen LogP contribution in [0, 0.1) is 13.8 Å². The summed E-state index contributed by atoms with van der Waals surface area (Å²) >= 11 is 0. The van der Waals surface area contributed by atoms with Crippen molar-refractivity contribution in [2.75, 3.05) is 0 Å². The summed E-state index contributed by atoms with van der Waals surface area (Å²) in [5.41, 5.74) is 8.28. The summed E-state index contributed by atoms with van der Waals surface area (Å²) in [5, 5.41) is 4.51. The molecule has 0 N–H and O–H groups in total. The van der Waals surface area contributed by atoms with E-state index in [1.165, 1.54) is 22.1 Å². The van der Waals surface area contributed by atoms with Crippen LogP contribution in [0.15, 0.2) is 64.1 Å². The Balaban J connectivity index is 1.77. The lowest BCUT2D eigenvalue weighted by atomic mass is 10.0. The molecule has 5 aromatic rings. The Hall–Kier alpha value is -3.46. The summed E-state index contributed by atoms with van der Waals surface area (Å²) in [5.74, 6) is 0. The monoisotopic (exact) mass is 348 g/mol. The normalized spacial score (nSPS) is 12.7. The third kappa shape index (κ3) is 1.97. The van der Waals surface area contributed by atoms with Gasteiger partial charge in [0.25, 0.3) is 0 Å². The quantitative estimate of drug-likeness (QED) is 0.341. The number of aliphatic imine (C=N–C) groups is 1. The maximum absolute atomic E-state index is 6.36. The number of aryl methyl sites for hydroxylation is 2. The van der Waals surface area contributed by atoms with E-state index in [1.54, 1.807) is 0 Å². The van der Waals surface area contributed by atoms with Gasteiger partial charge in [-0.3, -0.25) is 9.98 Å². The van der Waals surface area contributed by atoms with Crippen LogP contribution in [-0.4, -0.2) is 11.2 Å². The number of pyridine rings is 1. The molecule has 0 fully saturated rings. The first kappa shape index (κ1) is 14.7. The molecule has 0 spiro atoms. The predicted octanol–water partition coefficient (Wildman–Crippen LogP) is 6.48. The van der Waals surface area contributed by atoms with Crippen molar-refractivity contribution in [2.45, 2.75) is 13.8 Å². The maximum Gasteiger partial charge on any atom is 0.161 e. The van der Waals surface area contributed by atoms with Crippen molar-refractivity contribution in [2.24, 2.45) is 4.99 Å². The summed E-state index contributed by atoms with van der Waals surface area (Å²) in [6, 6.07) is 16.9. The molecule has 6 rings (SSSR count). The van der Waals surface area contributed by atoms with Gasteiger partial charge in [-0.2, -0.15) is 0 Å². The van der Waals surface area contributed by atoms with Gasteiger partial charge >= 0.3 is 0 Å². The molecule has 0 aliphatic carbocycles. The van der Waals surface area contributed by atoms with Crippen LogP contribution in [-0.2, 0) is 0 Å². The molecule has 3 aromatic carbocycles. The molecule has 2 aromatic heterocycles. The largest absolute Gasteiger partial charge is 0.454 e. The van der Waals surface area contributed by atoms with Crippen LogP contribution in [0.1, 0.15) is 16.7 Å². The van der Waals surface area contributed by atoms with Crippen LogP contribution in [0.3, 0.4) is 0 Å². The second kappa shape index (κ2) is 5.04. The minimum Gasteiger partial charge on any atom is -0.454 e. The minimum absolute atomic E-state index is 0.827. The third-order valence-electron chi connectivity index (χ3n) is 5.35. The molecule has 0 amide bonds. The summed E-state index contributed by atoms with van der Waals surface area (Å²) in [7, 11) is 0. The second-order valence-electron chi connectivity index (χ2n) is 7.32. The molecule has 3 nitrogen and oxygen atoms in total. The van der Waals surface area contributed by atoms with Gasteiger partial charge in [0.2, 0.25) is 0 Å². The third-order valence-corrected chi connectivity index (χ3v) is 5.35. The first-order valence-electron chi connectivity index (χ1n) is 9.09. The average Bonchev–Trinajstić information content (AvgIpc) is 3.23. The van der Waals surface area contributed by atoms with Crippen molar-refractivity contribution in [3.05, 3.63) is 71.4 Å². The van der Waals surface area contributed by atoms with E-state index in [-0.39, 0.29) is 0 Å². The number of nitrogens with zero attached hydrogens (tertiary/aromatic N) is 2. The maximum atomic E-state index is 6.36. The summed E-state index contributed by atoms with van der Waals surface area (Å²) in [6.07, 6.45) is 3.81. The average molecular weight is 348 g/mol. The van der Waals surface area contributed by atoms with Gasteiger partial charge in [-0.1, -0.05) is 35.4 Å². The van der Waals surface area contributed by atoms with E-state index >= 15 is 0 Å². The van der Waals surface area contributed by atoms with Crippen LogP contribution in [0.5, 0.6) is 0 Å². The zero-order valence-electron chi connectivity index (χ0n) is 15.1. The fourth-order valence-corrected chi connectivity index (χ4v) is 4.32. The van der Waals surface area contributed by atoms with Gasteiger partial charge in [0, 0.05) is 34.3 Å². The van der Waals surface area contributed by atoms with Crippen molar-refractivity contribution >= 4 is 44.6 Å². The molecule has 0 saturated heterocycles. The Morgan fingerprint density at radius 3 is 2.59 bits per heavy atom. The molecule has 3 heteroatoms. The van der Waals surface area contributed by atoms with Crippen molar-refractivity contribution in [1.29, 1.82) is 0 Å². The molecule has 0 unspecified atom stereocenters. The van der Waals surface area contributed by atoms with Gasteiger partial charge in [-0.05, 0) is 43.5 Å². The number of rotatable bonds is 1. The molecule has 27 heavy (non-hydrogen) atoms. The van der Waals surface area contributed by atoms with E-state index in [1.807, 2.05) is 18.5 Å². The van der Waals surface area contributed by atoms with Gasteiger partial charge in [0.1, 0.15) is 11.3 Å². The van der Waals surface area contributed by atoms with E-state index in [0.717, 1.165) is 44.3 Å². The standard InChI is InChI=1S/C24H16N2O/c1-13-8-14(2)10-17(9-13)22-24-18(6-7-25-22)21-19(27-24)11-15-4-3-5-16-12-26-23(21)20(15)16/h3-12H,1-2H3. The Bertz CT molecular complexity index is 1420. The van der Waals surface area contributed by atoms with Crippen LogP contribution >= 0.6 is 0 Å². The second-order valence-corrected chi connectivity index (χ2v) is 7.32. The lowest BCUT2D eigenvalue weighted by Gasteiger charge is -2.05. The zero-order chi connectivity index (χ0) is 18.1. The molecule has 128 valence electrons. The molecule has 0 bridgehead atoms. The highest BCUT2D eigenvalue weighted by Gasteiger charge is 2.21. The van der Waals surface area contributed by atoms with Crippen LogP contribution in [0.4, 0.5) is 5.69 Å². The van der Waals surface area contributed by atoms with E-state index in [4.69, 9.17) is 9.41 Å². The summed E-state index contributed by atoms with van der Waals surface area (Å²) < 4.78 is 6.36. The number of fused-ring (bicyclic) bond motifs is 4. The van der Waals surface area contributed by atoms with E-state index in [2.05, 4.69) is 61.3 Å². The summed E-state index contributed by atoms with van der Waals surface area (Å²) in [4.78, 5) is 9.38. The van der Waals surface area contributed by atoms with Crippen LogP contribution < -0.4 is 0 Å². The Morgan fingerprint density at radius 1 is 0.889 bits per heavy atom. The Labute approximate surface area is 156 Å². The number of benzene rings is 3. The summed E-state index contributed by atoms with van der Waals surface area (Å²) in [6.45, 7) is 4.22. The number of hydrogen-bond acceptors (Lipinski definition) is 3. The minimum atomic E-state index is 0.827. The van der Waals surface area contributed by atoms with Gasteiger partial charge < -0.3 is 4.42 Å². The highest BCUT2D eigenvalue weighted by molar-refractivity contribution is 6.25. The molecule has 1 aliphatic heterocycles. The fraction of sp³-hybridized carbons (Fsp3) is 0.0833. The topological polar surface area (TPSA) is 38.4 Å². The number of aromatic nitrogens is 1. The highest BCUT2D eigenvalue weighted by Crippen LogP contribution is 2.45. The van der Waals surface area contributed by atoms with E-state index in [0.29, 0.717) is 0 Å². The van der Waals surface area contributed by atoms with Crippen LogP contribution in [0.2, 0.25) is 0 Å². The van der Waals surface area contributed by atoms with Crippen LogP contribution in [0.25, 0.3) is 44.0 Å². The van der Waals surface area contributed by atoms with E-state index in [9.17, 15) is 0 Å². The fourth-order valence-electron chi connectivity index (χ4n) is 4.32. The number of furan rings is 1. The van der Waals surface area contributed by atoms with Gasteiger partial charge in [-0.15, -0.1) is 0 Å². The van der Waals surface area contributed by atoms with Gasteiger partial charge in [0.15, 0.2) is 5.58 Å². The predicted molar refractivity (Wildman–Crippen MR) is 111 cm³/mol. The van der Waals surface area contributed by atoms with Crippen molar-refractivity contribution < 1.29 is 4.42 Å². The highest BCUT2D eigenvalue weighted by atomic mass is 16.3. The SMILES string of the molecule is Cc1cc(C)cc(-c2nccc3c2oc2cc4cccc5c4c(c23)N=C5)c1. The van der Waals surface area contributed by atoms with Gasteiger partial charge in [-0.25, -0.2) is 0 Å². The Kier molecular flexibility index (Phi) is 2.74. The smallest absolute Gasteiger partial charge is 0.161 e. The van der Waals surface area contributed by atoms with Crippen molar-refractivity contribution in [3.63, 3.8) is 0 Å². The van der Waals surface area contributed by atoms with E-state index < -0.39 is 0 Å². The lowest BCUT2D eigenvalue weighted by Crippen LogP contribution is -1.86. The molecule has 0 atom stereocenters. The first-order valence-corrected chi connectivity index (χ1v) is 9.09. The van der Waals surface area contributed by atoms with Crippen molar-refractivity contribution in [1.82, 2.24) is 4.98 Å². The van der Waals surface area contributed by atoms with Gasteiger partial charge in [0.05, 0.1) is 11.1 Å².